The highest BCUT2D eigenvalue weighted by Gasteiger charge is 2.09. The molecule has 19 heavy (non-hydrogen) atoms. The predicted molar refractivity (Wildman–Crippen MR) is 86.1 cm³/mol. The van der Waals surface area contributed by atoms with E-state index in [0.717, 1.165) is 40.9 Å². The van der Waals surface area contributed by atoms with E-state index >= 15 is 0 Å². The highest BCUT2D eigenvalue weighted by Crippen LogP contribution is 2.20. The summed E-state index contributed by atoms with van der Waals surface area (Å²) in [4.78, 5) is 2.12. The van der Waals surface area contributed by atoms with Crippen LogP contribution in [0.5, 0.6) is 0 Å². The number of hydrogen-bond donors (Lipinski definition) is 1. The molecule has 0 saturated carbocycles. The Morgan fingerprint density at radius 1 is 1.42 bits per heavy atom. The van der Waals surface area contributed by atoms with E-state index in [-0.39, 0.29) is 0 Å². The fourth-order valence-corrected chi connectivity index (χ4v) is 2.27. The molecule has 106 valence electrons. The van der Waals surface area contributed by atoms with Crippen LogP contribution in [0.1, 0.15) is 18.9 Å². The van der Waals surface area contributed by atoms with E-state index in [2.05, 4.69) is 17.1 Å². The van der Waals surface area contributed by atoms with Crippen LogP contribution in [0.2, 0.25) is 5.02 Å². The molecule has 5 heteroatoms. The summed E-state index contributed by atoms with van der Waals surface area (Å²) >= 11 is 11.4. The number of aryl methyl sites for hydroxylation is 1. The number of anilines is 1. The van der Waals surface area contributed by atoms with Crippen LogP contribution < -0.4 is 5.32 Å². The zero-order valence-electron chi connectivity index (χ0n) is 11.7. The molecule has 0 saturated heterocycles. The van der Waals surface area contributed by atoms with Crippen LogP contribution >= 0.6 is 23.8 Å². The van der Waals surface area contributed by atoms with Gasteiger partial charge >= 0.3 is 0 Å². The van der Waals surface area contributed by atoms with Crippen LogP contribution in [-0.2, 0) is 4.74 Å². The maximum absolute atomic E-state index is 5.95. The molecule has 0 amide bonds. The Morgan fingerprint density at radius 2 is 2.16 bits per heavy atom. The van der Waals surface area contributed by atoms with Gasteiger partial charge < -0.3 is 15.0 Å². The Hall–Kier alpha value is -0.840. The molecule has 0 aliphatic heterocycles. The maximum Gasteiger partial charge on any atom is 0.173 e. The third-order valence-corrected chi connectivity index (χ3v) is 3.37. The standard InChI is InChI=1S/C14H21ClN2OS/c1-4-7-17(8-9-18-3)14(19)16-13-6-5-12(15)10-11(13)2/h5-6,10H,4,7-9H2,1-3H3,(H,16,19). The summed E-state index contributed by atoms with van der Waals surface area (Å²) < 4.78 is 5.11. The Kier molecular flexibility index (Phi) is 7.13. The van der Waals surface area contributed by atoms with Gasteiger partial charge in [0.15, 0.2) is 5.11 Å². The fraction of sp³-hybridized carbons (Fsp3) is 0.500. The Labute approximate surface area is 125 Å². The van der Waals surface area contributed by atoms with Crippen LogP contribution in [-0.4, -0.2) is 36.8 Å². The molecule has 0 aliphatic carbocycles. The van der Waals surface area contributed by atoms with Gasteiger partial charge in [-0.15, -0.1) is 0 Å². The van der Waals surface area contributed by atoms with Crippen molar-refractivity contribution in [1.82, 2.24) is 4.90 Å². The maximum atomic E-state index is 5.95. The summed E-state index contributed by atoms with van der Waals surface area (Å²) in [6.45, 7) is 6.53. The number of nitrogens with one attached hydrogen (secondary N) is 1. The van der Waals surface area contributed by atoms with Gasteiger partial charge in [0.1, 0.15) is 0 Å². The topological polar surface area (TPSA) is 24.5 Å². The second-order valence-electron chi connectivity index (χ2n) is 4.37. The Morgan fingerprint density at radius 3 is 2.74 bits per heavy atom. The third kappa shape index (κ3) is 5.35. The molecule has 0 heterocycles. The van der Waals surface area contributed by atoms with E-state index in [1.807, 2.05) is 25.1 Å². The van der Waals surface area contributed by atoms with Gasteiger partial charge in [-0.05, 0) is 49.3 Å². The number of thiocarbonyl (C=S) groups is 1. The molecular weight excluding hydrogens is 280 g/mol. The van der Waals surface area contributed by atoms with Gasteiger partial charge in [0, 0.05) is 30.9 Å². The van der Waals surface area contributed by atoms with Crippen molar-refractivity contribution in [3.8, 4) is 0 Å². The normalized spacial score (nSPS) is 10.3. The molecular formula is C14H21ClN2OS. The van der Waals surface area contributed by atoms with E-state index in [9.17, 15) is 0 Å². The molecule has 0 aromatic heterocycles. The van der Waals surface area contributed by atoms with Gasteiger partial charge in [0.25, 0.3) is 0 Å². The molecule has 1 N–H and O–H groups in total. The summed E-state index contributed by atoms with van der Waals surface area (Å²) in [5.74, 6) is 0. The van der Waals surface area contributed by atoms with E-state index in [0.29, 0.717) is 6.61 Å². The minimum absolute atomic E-state index is 0.668. The lowest BCUT2D eigenvalue weighted by Crippen LogP contribution is -2.37. The molecule has 0 aliphatic rings. The number of hydrogen-bond acceptors (Lipinski definition) is 2. The van der Waals surface area contributed by atoms with E-state index < -0.39 is 0 Å². The third-order valence-electron chi connectivity index (χ3n) is 2.78. The van der Waals surface area contributed by atoms with Gasteiger partial charge in [-0.25, -0.2) is 0 Å². The molecule has 0 spiro atoms. The number of rotatable bonds is 6. The van der Waals surface area contributed by atoms with Crippen molar-refractivity contribution in [2.24, 2.45) is 0 Å². The number of nitrogens with zero attached hydrogens (tertiary/aromatic N) is 1. The first-order chi connectivity index (χ1) is 9.08. The van der Waals surface area contributed by atoms with Gasteiger partial charge in [-0.1, -0.05) is 18.5 Å². The van der Waals surface area contributed by atoms with Gasteiger partial charge in [0.2, 0.25) is 0 Å². The van der Waals surface area contributed by atoms with E-state index in [1.54, 1.807) is 7.11 Å². The number of halogens is 1. The zero-order chi connectivity index (χ0) is 14.3. The summed E-state index contributed by atoms with van der Waals surface area (Å²) in [7, 11) is 1.70. The van der Waals surface area contributed by atoms with Crippen molar-refractivity contribution in [2.45, 2.75) is 20.3 Å². The predicted octanol–water partition coefficient (Wildman–Crippen LogP) is 3.70. The number of benzene rings is 1. The fourth-order valence-electron chi connectivity index (χ4n) is 1.75. The molecule has 0 atom stereocenters. The number of methoxy groups -OCH3 is 1. The summed E-state index contributed by atoms with van der Waals surface area (Å²) in [5, 5.41) is 4.74. The van der Waals surface area contributed by atoms with Gasteiger partial charge in [-0.3, -0.25) is 0 Å². The van der Waals surface area contributed by atoms with Crippen LogP contribution in [0.3, 0.4) is 0 Å². The quantitative estimate of drug-likeness (QED) is 0.810. The highest BCUT2D eigenvalue weighted by atomic mass is 35.5. The monoisotopic (exact) mass is 300 g/mol. The summed E-state index contributed by atoms with van der Waals surface area (Å²) in [5.41, 5.74) is 2.07. The van der Waals surface area contributed by atoms with Crippen LogP contribution in [0.25, 0.3) is 0 Å². The molecule has 0 unspecified atom stereocenters. The SMILES string of the molecule is CCCN(CCOC)C(=S)Nc1ccc(Cl)cc1C. The first-order valence-electron chi connectivity index (χ1n) is 6.39. The Balaban J connectivity index is 2.69. The van der Waals surface area contributed by atoms with Crippen molar-refractivity contribution in [3.05, 3.63) is 28.8 Å². The van der Waals surface area contributed by atoms with E-state index in [4.69, 9.17) is 28.6 Å². The largest absolute Gasteiger partial charge is 0.383 e. The summed E-state index contributed by atoms with van der Waals surface area (Å²) in [6.07, 6.45) is 1.05. The Bertz CT molecular complexity index is 426. The molecule has 1 rings (SSSR count). The molecule has 1 aromatic carbocycles. The number of ether oxygens (including phenoxy) is 1. The van der Waals surface area contributed by atoms with Crippen LogP contribution in [0.4, 0.5) is 5.69 Å². The van der Waals surface area contributed by atoms with Gasteiger partial charge in [-0.2, -0.15) is 0 Å². The van der Waals surface area contributed by atoms with Crippen molar-refractivity contribution in [2.75, 3.05) is 32.1 Å². The van der Waals surface area contributed by atoms with Crippen LogP contribution in [0.15, 0.2) is 18.2 Å². The van der Waals surface area contributed by atoms with Crippen molar-refractivity contribution >= 4 is 34.6 Å². The molecule has 3 nitrogen and oxygen atoms in total. The van der Waals surface area contributed by atoms with E-state index in [1.165, 1.54) is 0 Å². The highest BCUT2D eigenvalue weighted by molar-refractivity contribution is 7.80. The minimum Gasteiger partial charge on any atom is -0.383 e. The smallest absolute Gasteiger partial charge is 0.173 e. The summed E-state index contributed by atoms with van der Waals surface area (Å²) in [6, 6.07) is 5.73. The first-order valence-corrected chi connectivity index (χ1v) is 7.18. The minimum atomic E-state index is 0.668. The second kappa shape index (κ2) is 8.35. The van der Waals surface area contributed by atoms with Crippen molar-refractivity contribution in [3.63, 3.8) is 0 Å². The van der Waals surface area contributed by atoms with Gasteiger partial charge in [0.05, 0.1) is 6.61 Å². The molecule has 0 bridgehead atoms. The van der Waals surface area contributed by atoms with Crippen molar-refractivity contribution in [1.29, 1.82) is 0 Å². The molecule has 0 radical (unpaired) electrons. The van der Waals surface area contributed by atoms with Crippen LogP contribution in [0, 0.1) is 6.92 Å². The lowest BCUT2D eigenvalue weighted by Gasteiger charge is -2.25. The average molecular weight is 301 g/mol. The lowest BCUT2D eigenvalue weighted by atomic mass is 10.2. The zero-order valence-corrected chi connectivity index (χ0v) is 13.3. The van der Waals surface area contributed by atoms with Crippen molar-refractivity contribution < 1.29 is 4.74 Å². The molecule has 0 fully saturated rings. The lowest BCUT2D eigenvalue weighted by molar-refractivity contribution is 0.177. The average Bonchev–Trinajstić information content (AvgIpc) is 2.37. The second-order valence-corrected chi connectivity index (χ2v) is 5.19. The molecule has 1 aromatic rings. The first kappa shape index (κ1) is 16.2.